The normalized spacial score (nSPS) is 24.0. The number of nitrogens with zero attached hydrogens (tertiary/aromatic N) is 2. The van der Waals surface area contributed by atoms with Crippen molar-refractivity contribution in [2.75, 3.05) is 17.2 Å². The molecule has 1 aliphatic rings. The summed E-state index contributed by atoms with van der Waals surface area (Å²) in [7, 11) is 0. The number of hydrogen-bond acceptors (Lipinski definition) is 4. The number of rotatable bonds is 2. The Morgan fingerprint density at radius 1 is 1.47 bits per heavy atom. The molecule has 1 aliphatic heterocycles. The first-order valence-electron chi connectivity index (χ1n) is 5.79. The van der Waals surface area contributed by atoms with Crippen molar-refractivity contribution in [1.82, 2.24) is 0 Å². The minimum atomic E-state index is -0.420. The van der Waals surface area contributed by atoms with Gasteiger partial charge in [-0.2, -0.15) is 0 Å². The van der Waals surface area contributed by atoms with Crippen molar-refractivity contribution in [2.24, 2.45) is 5.92 Å². The van der Waals surface area contributed by atoms with Crippen LogP contribution in [0.5, 0.6) is 0 Å². The highest BCUT2D eigenvalue weighted by atomic mass is 16.6. The average molecular weight is 235 g/mol. The third-order valence-corrected chi connectivity index (χ3v) is 3.32. The maximum atomic E-state index is 10.6. The number of nitrogens with two attached hydrogens (primary N) is 1. The van der Waals surface area contributed by atoms with E-state index < -0.39 is 4.92 Å². The van der Waals surface area contributed by atoms with Crippen molar-refractivity contribution in [3.63, 3.8) is 0 Å². The molecule has 0 radical (unpaired) electrons. The van der Waals surface area contributed by atoms with Gasteiger partial charge in [0, 0.05) is 24.7 Å². The number of non-ortho nitro benzene ring substituents is 1. The van der Waals surface area contributed by atoms with Crippen LogP contribution >= 0.6 is 0 Å². The molecule has 0 aromatic heterocycles. The number of nitrogen functional groups attached to an aromatic ring is 1. The molecule has 0 bridgehead atoms. The van der Waals surface area contributed by atoms with E-state index in [9.17, 15) is 10.1 Å². The van der Waals surface area contributed by atoms with Gasteiger partial charge in [-0.1, -0.05) is 6.92 Å². The van der Waals surface area contributed by atoms with E-state index in [-0.39, 0.29) is 5.69 Å². The van der Waals surface area contributed by atoms with Gasteiger partial charge in [-0.3, -0.25) is 10.1 Å². The van der Waals surface area contributed by atoms with Gasteiger partial charge in [0.1, 0.15) is 0 Å². The van der Waals surface area contributed by atoms with E-state index in [1.54, 1.807) is 6.07 Å². The number of hydrogen-bond donors (Lipinski definition) is 1. The topological polar surface area (TPSA) is 72.4 Å². The fraction of sp³-hybridized carbons (Fsp3) is 0.500. The zero-order valence-corrected chi connectivity index (χ0v) is 10.1. The zero-order chi connectivity index (χ0) is 12.6. The number of anilines is 2. The first-order valence-corrected chi connectivity index (χ1v) is 5.79. The summed E-state index contributed by atoms with van der Waals surface area (Å²) in [4.78, 5) is 12.4. The van der Waals surface area contributed by atoms with E-state index in [1.165, 1.54) is 12.1 Å². The molecule has 1 aromatic carbocycles. The Bertz CT molecular complexity index is 447. The highest BCUT2D eigenvalue weighted by Gasteiger charge is 2.27. The van der Waals surface area contributed by atoms with Crippen LogP contribution in [-0.2, 0) is 0 Å². The summed E-state index contributed by atoms with van der Waals surface area (Å²) in [6.45, 7) is 5.33. The monoisotopic (exact) mass is 235 g/mol. The van der Waals surface area contributed by atoms with Crippen LogP contribution in [0.4, 0.5) is 17.1 Å². The minimum absolute atomic E-state index is 0.0474. The lowest BCUT2D eigenvalue weighted by Crippen LogP contribution is -2.27. The molecule has 1 heterocycles. The van der Waals surface area contributed by atoms with Gasteiger partial charge in [-0.25, -0.2) is 0 Å². The highest BCUT2D eigenvalue weighted by Crippen LogP contribution is 2.34. The predicted octanol–water partition coefficient (Wildman–Crippen LogP) is 2.41. The smallest absolute Gasteiger partial charge is 0.271 e. The second-order valence-electron chi connectivity index (χ2n) is 4.84. The summed E-state index contributed by atoms with van der Waals surface area (Å²) in [5.41, 5.74) is 7.34. The molecule has 0 spiro atoms. The van der Waals surface area contributed by atoms with Crippen LogP contribution in [0.15, 0.2) is 18.2 Å². The van der Waals surface area contributed by atoms with Gasteiger partial charge in [0.2, 0.25) is 0 Å². The summed E-state index contributed by atoms with van der Waals surface area (Å²) < 4.78 is 0. The lowest BCUT2D eigenvalue weighted by Gasteiger charge is -2.25. The van der Waals surface area contributed by atoms with E-state index in [4.69, 9.17) is 5.73 Å². The third kappa shape index (κ3) is 2.18. The Hall–Kier alpha value is -1.78. The second kappa shape index (κ2) is 4.24. The van der Waals surface area contributed by atoms with Crippen molar-refractivity contribution in [3.05, 3.63) is 28.3 Å². The maximum Gasteiger partial charge on any atom is 0.271 e. The first-order chi connectivity index (χ1) is 7.99. The molecule has 1 aromatic rings. The summed E-state index contributed by atoms with van der Waals surface area (Å²) in [5.74, 6) is 0.639. The molecule has 5 heteroatoms. The van der Waals surface area contributed by atoms with E-state index in [0.717, 1.165) is 18.7 Å². The molecular weight excluding hydrogens is 218 g/mol. The van der Waals surface area contributed by atoms with Gasteiger partial charge in [0.25, 0.3) is 5.69 Å². The third-order valence-electron chi connectivity index (χ3n) is 3.32. The molecule has 2 N–H and O–H groups in total. The van der Waals surface area contributed by atoms with Crippen molar-refractivity contribution in [1.29, 1.82) is 0 Å². The number of nitro benzene ring substituents is 1. The molecule has 2 unspecified atom stereocenters. The van der Waals surface area contributed by atoms with Crippen LogP contribution in [0.2, 0.25) is 0 Å². The van der Waals surface area contributed by atoms with Crippen LogP contribution in [-0.4, -0.2) is 17.5 Å². The molecular formula is C12H17N3O2. The van der Waals surface area contributed by atoms with Crippen LogP contribution in [0.1, 0.15) is 20.3 Å². The van der Waals surface area contributed by atoms with Crippen LogP contribution in [0, 0.1) is 16.0 Å². The molecule has 5 nitrogen and oxygen atoms in total. The minimum Gasteiger partial charge on any atom is -0.397 e. The molecule has 0 amide bonds. The summed E-state index contributed by atoms with van der Waals surface area (Å²) in [6, 6.07) is 5.14. The Balaban J connectivity index is 2.31. The molecule has 1 saturated heterocycles. The van der Waals surface area contributed by atoms with Gasteiger partial charge in [0.05, 0.1) is 16.3 Å². The van der Waals surface area contributed by atoms with Gasteiger partial charge >= 0.3 is 0 Å². The van der Waals surface area contributed by atoms with Gasteiger partial charge < -0.3 is 10.6 Å². The predicted molar refractivity (Wildman–Crippen MR) is 68.1 cm³/mol. The van der Waals surface area contributed by atoms with Crippen molar-refractivity contribution in [2.45, 2.75) is 26.3 Å². The van der Waals surface area contributed by atoms with Crippen molar-refractivity contribution < 1.29 is 4.92 Å². The van der Waals surface area contributed by atoms with Gasteiger partial charge in [-0.15, -0.1) is 0 Å². The fourth-order valence-electron chi connectivity index (χ4n) is 2.55. The summed E-state index contributed by atoms with van der Waals surface area (Å²) in [5, 5.41) is 10.6. The summed E-state index contributed by atoms with van der Waals surface area (Å²) in [6.07, 6.45) is 1.14. The molecule has 0 aliphatic carbocycles. The lowest BCUT2D eigenvalue weighted by atomic mass is 10.1. The standard InChI is InChI=1S/C12H17N3O2/c1-8-5-9(2)14(7-8)12-4-3-10(15(16)17)6-11(12)13/h3-4,6,8-9H,5,7,13H2,1-2H3. The quantitative estimate of drug-likeness (QED) is 0.485. The van der Waals surface area contributed by atoms with E-state index in [0.29, 0.717) is 17.6 Å². The SMILES string of the molecule is CC1CC(C)N(c2ccc([N+](=O)[O-])cc2N)C1. The average Bonchev–Trinajstić information content (AvgIpc) is 2.57. The van der Waals surface area contributed by atoms with E-state index in [1.807, 2.05) is 0 Å². The Labute approximate surface area is 100 Å². The largest absolute Gasteiger partial charge is 0.397 e. The molecule has 2 atom stereocenters. The first kappa shape index (κ1) is 11.7. The summed E-state index contributed by atoms with van der Waals surface area (Å²) >= 11 is 0. The molecule has 92 valence electrons. The molecule has 0 saturated carbocycles. The Kier molecular flexibility index (Phi) is 2.92. The van der Waals surface area contributed by atoms with Crippen LogP contribution < -0.4 is 10.6 Å². The van der Waals surface area contributed by atoms with Crippen molar-refractivity contribution in [3.8, 4) is 0 Å². The molecule has 2 rings (SSSR count). The van der Waals surface area contributed by atoms with E-state index >= 15 is 0 Å². The Morgan fingerprint density at radius 3 is 2.65 bits per heavy atom. The highest BCUT2D eigenvalue weighted by molar-refractivity contribution is 5.71. The van der Waals surface area contributed by atoms with E-state index in [2.05, 4.69) is 18.7 Å². The van der Waals surface area contributed by atoms with Crippen LogP contribution in [0.3, 0.4) is 0 Å². The maximum absolute atomic E-state index is 10.6. The zero-order valence-electron chi connectivity index (χ0n) is 10.1. The van der Waals surface area contributed by atoms with Gasteiger partial charge in [-0.05, 0) is 25.3 Å². The van der Waals surface area contributed by atoms with Crippen molar-refractivity contribution >= 4 is 17.1 Å². The number of benzene rings is 1. The lowest BCUT2D eigenvalue weighted by molar-refractivity contribution is -0.384. The second-order valence-corrected chi connectivity index (χ2v) is 4.84. The van der Waals surface area contributed by atoms with Gasteiger partial charge in [0.15, 0.2) is 0 Å². The molecule has 17 heavy (non-hydrogen) atoms. The molecule has 1 fully saturated rings. The fourth-order valence-corrected chi connectivity index (χ4v) is 2.55. The van der Waals surface area contributed by atoms with Crippen LogP contribution in [0.25, 0.3) is 0 Å². The number of nitro groups is 1. The Morgan fingerprint density at radius 2 is 2.18 bits per heavy atom.